The second-order valence-electron chi connectivity index (χ2n) is 5.47. The molecule has 0 radical (unpaired) electrons. The molecule has 2 heterocycles. The monoisotopic (exact) mass is 285 g/mol. The second kappa shape index (κ2) is 5.60. The van der Waals surface area contributed by atoms with Crippen molar-refractivity contribution in [3.05, 3.63) is 47.7 Å². The van der Waals surface area contributed by atoms with Crippen molar-refractivity contribution in [3.63, 3.8) is 0 Å². The first-order chi connectivity index (χ1) is 10.1. The van der Waals surface area contributed by atoms with Gasteiger partial charge in [-0.1, -0.05) is 18.2 Å². The smallest absolute Gasteiger partial charge is 0.221 e. The number of rotatable bonds is 4. The van der Waals surface area contributed by atoms with Crippen molar-refractivity contribution in [2.24, 2.45) is 0 Å². The van der Waals surface area contributed by atoms with Gasteiger partial charge in [0.1, 0.15) is 11.8 Å². The van der Waals surface area contributed by atoms with E-state index in [0.717, 1.165) is 18.0 Å². The Balaban J connectivity index is 1.60. The molecule has 1 aromatic carbocycles. The molecule has 2 atom stereocenters. The maximum Gasteiger partial charge on any atom is 0.221 e. The highest BCUT2D eigenvalue weighted by Crippen LogP contribution is 2.33. The van der Waals surface area contributed by atoms with E-state index in [1.807, 2.05) is 32.0 Å². The minimum absolute atomic E-state index is 0.0156. The summed E-state index contributed by atoms with van der Waals surface area (Å²) < 4.78 is 5.43. The van der Waals surface area contributed by atoms with E-state index in [-0.39, 0.29) is 17.9 Å². The average Bonchev–Trinajstić information content (AvgIpc) is 3.06. The van der Waals surface area contributed by atoms with Crippen molar-refractivity contribution in [2.75, 3.05) is 11.9 Å². The van der Waals surface area contributed by atoms with Gasteiger partial charge in [0.25, 0.3) is 0 Å². The molecule has 0 spiro atoms. The van der Waals surface area contributed by atoms with E-state index < -0.39 is 0 Å². The lowest BCUT2D eigenvalue weighted by Crippen LogP contribution is -2.28. The van der Waals surface area contributed by atoms with Crippen molar-refractivity contribution < 1.29 is 9.21 Å². The summed E-state index contributed by atoms with van der Waals surface area (Å²) in [6, 6.07) is 7.92. The van der Waals surface area contributed by atoms with Crippen molar-refractivity contribution >= 4 is 11.6 Å². The van der Waals surface area contributed by atoms with Crippen LogP contribution in [-0.4, -0.2) is 17.4 Å². The third kappa shape index (κ3) is 2.91. The number of fused-ring (bicyclic) bond motifs is 1. The van der Waals surface area contributed by atoms with Crippen LogP contribution in [0.2, 0.25) is 0 Å². The SMILES string of the molecule is Cc1cnc(C(C)NC(=O)CC2CNc3ccccc32)o1. The lowest BCUT2D eigenvalue weighted by Gasteiger charge is -2.13. The standard InChI is InChI=1S/C16H19N3O2/c1-10-8-18-16(21-10)11(2)19-15(20)7-12-9-17-14-6-4-3-5-13(12)14/h3-6,8,11-12,17H,7,9H2,1-2H3,(H,19,20). The summed E-state index contributed by atoms with van der Waals surface area (Å²) in [6.45, 7) is 4.52. The summed E-state index contributed by atoms with van der Waals surface area (Å²) in [7, 11) is 0. The van der Waals surface area contributed by atoms with Crippen LogP contribution < -0.4 is 10.6 Å². The van der Waals surface area contributed by atoms with Crippen LogP contribution in [0.25, 0.3) is 0 Å². The molecule has 0 aliphatic carbocycles. The predicted octanol–water partition coefficient (Wildman–Crippen LogP) is 2.76. The number of aryl methyl sites for hydroxylation is 1. The summed E-state index contributed by atoms with van der Waals surface area (Å²) in [4.78, 5) is 16.3. The number of para-hydroxylation sites is 1. The van der Waals surface area contributed by atoms with Gasteiger partial charge in [-0.3, -0.25) is 4.79 Å². The number of carbonyl (C=O) groups excluding carboxylic acids is 1. The zero-order valence-electron chi connectivity index (χ0n) is 12.2. The topological polar surface area (TPSA) is 67.2 Å². The lowest BCUT2D eigenvalue weighted by atomic mass is 9.97. The molecule has 1 amide bonds. The average molecular weight is 285 g/mol. The summed E-state index contributed by atoms with van der Waals surface area (Å²) in [5, 5.41) is 6.28. The molecule has 21 heavy (non-hydrogen) atoms. The molecule has 2 N–H and O–H groups in total. The Bertz CT molecular complexity index is 650. The highest BCUT2D eigenvalue weighted by Gasteiger charge is 2.25. The van der Waals surface area contributed by atoms with Crippen LogP contribution in [0.15, 0.2) is 34.9 Å². The highest BCUT2D eigenvalue weighted by atomic mass is 16.4. The minimum atomic E-state index is -0.212. The van der Waals surface area contributed by atoms with Crippen molar-refractivity contribution in [1.82, 2.24) is 10.3 Å². The van der Waals surface area contributed by atoms with E-state index in [2.05, 4.69) is 21.7 Å². The fourth-order valence-corrected chi connectivity index (χ4v) is 2.70. The van der Waals surface area contributed by atoms with E-state index in [4.69, 9.17) is 4.42 Å². The number of carbonyl (C=O) groups is 1. The van der Waals surface area contributed by atoms with Crippen molar-refractivity contribution in [2.45, 2.75) is 32.2 Å². The summed E-state index contributed by atoms with van der Waals surface area (Å²) in [6.07, 6.45) is 2.13. The molecule has 0 saturated heterocycles. The first kappa shape index (κ1) is 13.7. The number of nitrogens with zero attached hydrogens (tertiary/aromatic N) is 1. The van der Waals surface area contributed by atoms with Gasteiger partial charge >= 0.3 is 0 Å². The van der Waals surface area contributed by atoms with Crippen LogP contribution >= 0.6 is 0 Å². The first-order valence-corrected chi connectivity index (χ1v) is 7.18. The van der Waals surface area contributed by atoms with Gasteiger partial charge in [-0.05, 0) is 25.5 Å². The number of aromatic nitrogens is 1. The predicted molar refractivity (Wildman–Crippen MR) is 80.1 cm³/mol. The fourth-order valence-electron chi connectivity index (χ4n) is 2.70. The van der Waals surface area contributed by atoms with E-state index in [1.54, 1.807) is 6.20 Å². The van der Waals surface area contributed by atoms with Gasteiger partial charge in [0.15, 0.2) is 0 Å². The molecular weight excluding hydrogens is 266 g/mol. The van der Waals surface area contributed by atoms with Crippen LogP contribution in [0.5, 0.6) is 0 Å². The van der Waals surface area contributed by atoms with Gasteiger partial charge in [0.2, 0.25) is 11.8 Å². The van der Waals surface area contributed by atoms with Gasteiger partial charge in [-0.25, -0.2) is 4.98 Å². The van der Waals surface area contributed by atoms with Gasteiger partial charge in [0, 0.05) is 24.6 Å². The number of benzene rings is 1. The van der Waals surface area contributed by atoms with Crippen molar-refractivity contribution in [1.29, 1.82) is 0 Å². The molecule has 1 aliphatic heterocycles. The van der Waals surface area contributed by atoms with E-state index >= 15 is 0 Å². The van der Waals surface area contributed by atoms with Crippen LogP contribution in [0.4, 0.5) is 5.69 Å². The molecule has 110 valence electrons. The Hall–Kier alpha value is -2.30. The molecule has 5 heteroatoms. The summed E-state index contributed by atoms with van der Waals surface area (Å²) in [5.74, 6) is 1.53. The zero-order chi connectivity index (χ0) is 14.8. The largest absolute Gasteiger partial charge is 0.444 e. The number of hydrogen-bond donors (Lipinski definition) is 2. The second-order valence-corrected chi connectivity index (χ2v) is 5.47. The van der Waals surface area contributed by atoms with E-state index in [0.29, 0.717) is 12.3 Å². The molecule has 0 saturated carbocycles. The molecular formula is C16H19N3O2. The van der Waals surface area contributed by atoms with Gasteiger partial charge < -0.3 is 15.1 Å². The Morgan fingerprint density at radius 1 is 1.52 bits per heavy atom. The van der Waals surface area contributed by atoms with Crippen LogP contribution in [0, 0.1) is 6.92 Å². The molecule has 0 bridgehead atoms. The fraction of sp³-hybridized carbons (Fsp3) is 0.375. The van der Waals surface area contributed by atoms with E-state index in [1.165, 1.54) is 5.56 Å². The summed E-state index contributed by atoms with van der Waals surface area (Å²) in [5.41, 5.74) is 2.35. The van der Waals surface area contributed by atoms with Crippen LogP contribution in [0.1, 0.15) is 42.5 Å². The van der Waals surface area contributed by atoms with Gasteiger partial charge in [0.05, 0.1) is 6.20 Å². The molecule has 3 rings (SSSR count). The quantitative estimate of drug-likeness (QED) is 0.906. The Morgan fingerprint density at radius 2 is 2.33 bits per heavy atom. The van der Waals surface area contributed by atoms with Gasteiger partial charge in [-0.2, -0.15) is 0 Å². The Kier molecular flexibility index (Phi) is 3.64. The molecule has 2 unspecified atom stereocenters. The highest BCUT2D eigenvalue weighted by molar-refractivity contribution is 5.78. The maximum absolute atomic E-state index is 12.2. The van der Waals surface area contributed by atoms with E-state index in [9.17, 15) is 4.79 Å². The first-order valence-electron chi connectivity index (χ1n) is 7.18. The van der Waals surface area contributed by atoms with Crippen LogP contribution in [0.3, 0.4) is 0 Å². The summed E-state index contributed by atoms with van der Waals surface area (Å²) >= 11 is 0. The maximum atomic E-state index is 12.2. The molecule has 0 fully saturated rings. The molecule has 2 aromatic rings. The number of hydrogen-bond acceptors (Lipinski definition) is 4. The van der Waals surface area contributed by atoms with Crippen LogP contribution in [-0.2, 0) is 4.79 Å². The van der Waals surface area contributed by atoms with Gasteiger partial charge in [-0.15, -0.1) is 0 Å². The Morgan fingerprint density at radius 3 is 3.10 bits per heavy atom. The molecule has 1 aliphatic rings. The number of anilines is 1. The van der Waals surface area contributed by atoms with Crippen molar-refractivity contribution in [3.8, 4) is 0 Å². The normalized spacial score (nSPS) is 17.9. The lowest BCUT2D eigenvalue weighted by molar-refractivity contribution is -0.122. The molecule has 5 nitrogen and oxygen atoms in total. The molecule has 1 aromatic heterocycles. The number of amides is 1. The number of oxazole rings is 1. The number of nitrogens with one attached hydrogen (secondary N) is 2. The minimum Gasteiger partial charge on any atom is -0.444 e. The third-order valence-corrected chi connectivity index (χ3v) is 3.76. The third-order valence-electron chi connectivity index (χ3n) is 3.76. The Labute approximate surface area is 123 Å². The zero-order valence-corrected chi connectivity index (χ0v) is 12.2.